The number of nitrogens with zero attached hydrogens (tertiary/aromatic N) is 1. The third-order valence-corrected chi connectivity index (χ3v) is 3.90. The van der Waals surface area contributed by atoms with Gasteiger partial charge in [-0.05, 0) is 39.5 Å². The molecule has 0 bridgehead atoms. The van der Waals surface area contributed by atoms with Crippen molar-refractivity contribution in [2.24, 2.45) is 5.92 Å². The number of aliphatic carboxylic acids is 2. The summed E-state index contributed by atoms with van der Waals surface area (Å²) in [5.41, 5.74) is -2.26. The quantitative estimate of drug-likeness (QED) is 0.754. The number of hydrogen-bond donors (Lipinski definition) is 2. The molecule has 2 N–H and O–H groups in total. The zero-order chi connectivity index (χ0) is 14.1. The van der Waals surface area contributed by atoms with Crippen LogP contribution in [-0.4, -0.2) is 44.7 Å². The molecule has 0 aromatic rings. The summed E-state index contributed by atoms with van der Waals surface area (Å²) in [6.45, 7) is 8.08. The van der Waals surface area contributed by atoms with Gasteiger partial charge in [-0.2, -0.15) is 0 Å². The molecule has 0 aromatic carbocycles. The maximum atomic E-state index is 11.6. The van der Waals surface area contributed by atoms with E-state index in [0.29, 0.717) is 6.54 Å². The molecule has 0 spiro atoms. The molecule has 18 heavy (non-hydrogen) atoms. The van der Waals surface area contributed by atoms with Crippen molar-refractivity contribution in [3.63, 3.8) is 0 Å². The Bertz CT molecular complexity index is 331. The van der Waals surface area contributed by atoms with Crippen molar-refractivity contribution in [1.29, 1.82) is 0 Å². The van der Waals surface area contributed by atoms with Crippen LogP contribution in [-0.2, 0) is 9.59 Å². The van der Waals surface area contributed by atoms with Crippen molar-refractivity contribution in [3.8, 4) is 0 Å². The van der Waals surface area contributed by atoms with Gasteiger partial charge in [0, 0.05) is 12.1 Å². The molecule has 5 nitrogen and oxygen atoms in total. The summed E-state index contributed by atoms with van der Waals surface area (Å²) < 4.78 is 0. The summed E-state index contributed by atoms with van der Waals surface area (Å²) in [5, 5.41) is 19.0. The molecular weight excluding hydrogens is 234 g/mol. The molecule has 5 heteroatoms. The van der Waals surface area contributed by atoms with Gasteiger partial charge in [0.2, 0.25) is 5.54 Å². The number of carbonyl (C=O) groups is 2. The Morgan fingerprint density at radius 1 is 1.28 bits per heavy atom. The van der Waals surface area contributed by atoms with Gasteiger partial charge >= 0.3 is 11.9 Å². The summed E-state index contributed by atoms with van der Waals surface area (Å²) in [4.78, 5) is 24.8. The van der Waals surface area contributed by atoms with Crippen LogP contribution < -0.4 is 0 Å². The van der Waals surface area contributed by atoms with E-state index in [2.05, 4.69) is 0 Å². The smallest absolute Gasteiger partial charge is 0.335 e. The van der Waals surface area contributed by atoms with Crippen molar-refractivity contribution >= 4 is 11.9 Å². The molecule has 0 saturated carbocycles. The summed E-state index contributed by atoms with van der Waals surface area (Å²) in [6.07, 6.45) is 1.86. The number of likely N-dealkylation sites (tertiary alicyclic amines) is 1. The molecule has 0 aromatic heterocycles. The Morgan fingerprint density at radius 2 is 1.78 bits per heavy atom. The highest BCUT2D eigenvalue weighted by Gasteiger charge is 2.57. The van der Waals surface area contributed by atoms with Crippen molar-refractivity contribution in [2.75, 3.05) is 6.54 Å². The Labute approximate surface area is 108 Å². The van der Waals surface area contributed by atoms with Gasteiger partial charge < -0.3 is 10.2 Å². The Kier molecular flexibility index (Phi) is 4.05. The monoisotopic (exact) mass is 257 g/mol. The lowest BCUT2D eigenvalue weighted by atomic mass is 9.76. The van der Waals surface area contributed by atoms with E-state index >= 15 is 0 Å². The van der Waals surface area contributed by atoms with Gasteiger partial charge in [-0.25, -0.2) is 9.59 Å². The highest BCUT2D eigenvalue weighted by molar-refractivity contribution is 6.03. The van der Waals surface area contributed by atoms with Gasteiger partial charge in [0.25, 0.3) is 0 Å². The largest absolute Gasteiger partial charge is 0.479 e. The van der Waals surface area contributed by atoms with E-state index in [1.54, 1.807) is 4.90 Å². The molecule has 0 radical (unpaired) electrons. The van der Waals surface area contributed by atoms with Gasteiger partial charge in [-0.1, -0.05) is 13.3 Å². The van der Waals surface area contributed by atoms with Crippen LogP contribution in [0.5, 0.6) is 0 Å². The van der Waals surface area contributed by atoms with Gasteiger partial charge in [-0.15, -0.1) is 0 Å². The number of hydrogen-bond acceptors (Lipinski definition) is 3. The topological polar surface area (TPSA) is 77.8 Å². The van der Waals surface area contributed by atoms with Gasteiger partial charge in [-0.3, -0.25) is 4.90 Å². The normalized spacial score (nSPS) is 24.8. The molecule has 104 valence electrons. The first kappa shape index (κ1) is 15.0. The SMILES string of the molecule is CCC1CCN(C(C)(C)C)C(C(=O)O)(C(=O)O)C1. The minimum absolute atomic E-state index is 0.163. The molecule has 1 heterocycles. The van der Waals surface area contributed by atoms with Crippen LogP contribution in [0.25, 0.3) is 0 Å². The third-order valence-electron chi connectivity index (χ3n) is 3.90. The molecule has 1 unspecified atom stereocenters. The second-order valence-electron chi connectivity index (χ2n) is 6.06. The number of carboxylic acid groups (broad SMARTS) is 2. The predicted octanol–water partition coefficient (Wildman–Crippen LogP) is 1.81. The number of carboxylic acids is 2. The molecule has 0 aliphatic carbocycles. The van der Waals surface area contributed by atoms with Crippen LogP contribution in [0.3, 0.4) is 0 Å². The van der Waals surface area contributed by atoms with Crippen LogP contribution in [0.1, 0.15) is 47.0 Å². The number of rotatable bonds is 3. The van der Waals surface area contributed by atoms with E-state index in [1.807, 2.05) is 27.7 Å². The van der Waals surface area contributed by atoms with Crippen molar-refractivity contribution in [2.45, 2.75) is 58.0 Å². The maximum absolute atomic E-state index is 11.6. The Balaban J connectivity index is 3.25. The second kappa shape index (κ2) is 4.88. The average molecular weight is 257 g/mol. The maximum Gasteiger partial charge on any atom is 0.335 e. The minimum atomic E-state index is -1.78. The molecular formula is C13H23NO4. The zero-order valence-corrected chi connectivity index (χ0v) is 11.6. The lowest BCUT2D eigenvalue weighted by molar-refractivity contribution is -0.179. The summed E-state index contributed by atoms with van der Waals surface area (Å²) in [6, 6.07) is 0. The fourth-order valence-corrected chi connectivity index (χ4v) is 2.89. The van der Waals surface area contributed by atoms with E-state index in [9.17, 15) is 19.8 Å². The Morgan fingerprint density at radius 3 is 2.11 bits per heavy atom. The molecule has 1 atom stereocenters. The summed E-state index contributed by atoms with van der Waals surface area (Å²) in [5.74, 6) is -2.33. The first-order chi connectivity index (χ1) is 8.16. The highest BCUT2D eigenvalue weighted by Crippen LogP contribution is 2.38. The molecule has 1 aliphatic rings. The molecule has 1 fully saturated rings. The van der Waals surface area contributed by atoms with E-state index in [1.165, 1.54) is 0 Å². The lowest BCUT2D eigenvalue weighted by Gasteiger charge is -2.50. The fourth-order valence-electron chi connectivity index (χ4n) is 2.89. The molecule has 1 rings (SSSR count). The zero-order valence-electron chi connectivity index (χ0n) is 11.6. The van der Waals surface area contributed by atoms with Gasteiger partial charge in [0.1, 0.15) is 0 Å². The van der Waals surface area contributed by atoms with Crippen molar-refractivity contribution < 1.29 is 19.8 Å². The Hall–Kier alpha value is -1.10. The standard InChI is InChI=1S/C13H23NO4/c1-5-9-6-7-14(12(2,3)4)13(8-9,10(15)16)11(17)18/h9H,5-8H2,1-4H3,(H,15,16)(H,17,18). The first-order valence-corrected chi connectivity index (χ1v) is 6.40. The average Bonchev–Trinajstić information content (AvgIpc) is 2.26. The van der Waals surface area contributed by atoms with E-state index < -0.39 is 23.0 Å². The fraction of sp³-hybridized carbons (Fsp3) is 0.846. The minimum Gasteiger partial charge on any atom is -0.479 e. The summed E-state index contributed by atoms with van der Waals surface area (Å²) in [7, 11) is 0. The molecule has 0 amide bonds. The van der Waals surface area contributed by atoms with E-state index in [-0.39, 0.29) is 12.3 Å². The van der Waals surface area contributed by atoms with Crippen LogP contribution >= 0.6 is 0 Å². The second-order valence-corrected chi connectivity index (χ2v) is 6.06. The van der Waals surface area contributed by atoms with Gasteiger partial charge in [0.15, 0.2) is 0 Å². The summed E-state index contributed by atoms with van der Waals surface area (Å²) >= 11 is 0. The van der Waals surface area contributed by atoms with Gasteiger partial charge in [0.05, 0.1) is 0 Å². The predicted molar refractivity (Wildman–Crippen MR) is 67.5 cm³/mol. The van der Waals surface area contributed by atoms with Crippen LogP contribution in [0, 0.1) is 5.92 Å². The molecule has 1 saturated heterocycles. The van der Waals surface area contributed by atoms with Crippen LogP contribution in [0.2, 0.25) is 0 Å². The first-order valence-electron chi connectivity index (χ1n) is 6.40. The van der Waals surface area contributed by atoms with E-state index in [0.717, 1.165) is 12.8 Å². The lowest BCUT2D eigenvalue weighted by Crippen LogP contribution is -2.68. The third kappa shape index (κ3) is 2.36. The molecule has 1 aliphatic heterocycles. The number of piperidine rings is 1. The van der Waals surface area contributed by atoms with Crippen molar-refractivity contribution in [1.82, 2.24) is 4.90 Å². The van der Waals surface area contributed by atoms with Crippen LogP contribution in [0.15, 0.2) is 0 Å². The van der Waals surface area contributed by atoms with E-state index in [4.69, 9.17) is 0 Å². The van der Waals surface area contributed by atoms with Crippen molar-refractivity contribution in [3.05, 3.63) is 0 Å². The van der Waals surface area contributed by atoms with Crippen LogP contribution in [0.4, 0.5) is 0 Å². The highest BCUT2D eigenvalue weighted by atomic mass is 16.4.